The van der Waals surface area contributed by atoms with Crippen molar-refractivity contribution in [2.75, 3.05) is 20.3 Å². The number of Topliss-reactive ketones (excluding diaryl/α,β-unsaturated/α-hetero) is 1. The van der Waals surface area contributed by atoms with E-state index < -0.39 is 0 Å². The number of benzene rings is 1. The highest BCUT2D eigenvalue weighted by Gasteiger charge is 2.31. The summed E-state index contributed by atoms with van der Waals surface area (Å²) in [5.74, 6) is 0.994. The van der Waals surface area contributed by atoms with Gasteiger partial charge in [-0.2, -0.15) is 0 Å². The van der Waals surface area contributed by atoms with Crippen LogP contribution in [-0.2, 0) is 4.74 Å². The molecule has 1 aromatic carbocycles. The third kappa shape index (κ3) is 5.80. The zero-order valence-corrected chi connectivity index (χ0v) is 14.6. The number of rotatable bonds is 9. The standard InChI is InChI=1S/C19H30O3/c1-6-13-22-14-7-8-17(19(2,3)4)18(20)15-9-11-16(21-5)12-10-15/h9-12,17H,6-8,13-14H2,1-5H3. The fraction of sp³-hybridized carbons (Fsp3) is 0.632. The van der Waals surface area contributed by atoms with Crippen molar-refractivity contribution < 1.29 is 14.3 Å². The lowest BCUT2D eigenvalue weighted by Gasteiger charge is -2.29. The van der Waals surface area contributed by atoms with Gasteiger partial charge < -0.3 is 9.47 Å². The first-order valence-corrected chi connectivity index (χ1v) is 8.16. The predicted octanol–water partition coefficient (Wildman–Crippen LogP) is 4.75. The second-order valence-corrected chi connectivity index (χ2v) is 6.77. The fourth-order valence-electron chi connectivity index (χ4n) is 2.55. The van der Waals surface area contributed by atoms with Crippen molar-refractivity contribution >= 4 is 5.78 Å². The molecule has 0 amide bonds. The van der Waals surface area contributed by atoms with Gasteiger partial charge in [-0.25, -0.2) is 0 Å². The average Bonchev–Trinajstić information content (AvgIpc) is 2.49. The Morgan fingerprint density at radius 2 is 1.77 bits per heavy atom. The number of carbonyl (C=O) groups excluding carboxylic acids is 1. The molecular formula is C19H30O3. The van der Waals surface area contributed by atoms with Crippen molar-refractivity contribution in [2.24, 2.45) is 11.3 Å². The molecule has 0 aromatic heterocycles. The molecule has 1 aromatic rings. The van der Waals surface area contributed by atoms with E-state index in [2.05, 4.69) is 27.7 Å². The van der Waals surface area contributed by atoms with E-state index in [1.54, 1.807) is 7.11 Å². The first-order chi connectivity index (χ1) is 10.4. The molecule has 1 rings (SSSR count). The Hall–Kier alpha value is -1.35. The van der Waals surface area contributed by atoms with Gasteiger partial charge in [0.25, 0.3) is 0 Å². The van der Waals surface area contributed by atoms with Crippen LogP contribution in [0.15, 0.2) is 24.3 Å². The van der Waals surface area contributed by atoms with Gasteiger partial charge in [0.2, 0.25) is 0 Å². The molecule has 0 N–H and O–H groups in total. The van der Waals surface area contributed by atoms with E-state index in [0.717, 1.165) is 43.8 Å². The van der Waals surface area contributed by atoms with Gasteiger partial charge in [0.05, 0.1) is 7.11 Å². The van der Waals surface area contributed by atoms with E-state index in [4.69, 9.17) is 9.47 Å². The molecule has 0 fully saturated rings. The van der Waals surface area contributed by atoms with Crippen LogP contribution in [0, 0.1) is 11.3 Å². The van der Waals surface area contributed by atoms with Gasteiger partial charge in [0, 0.05) is 24.7 Å². The normalized spacial score (nSPS) is 13.0. The number of carbonyl (C=O) groups is 1. The van der Waals surface area contributed by atoms with Gasteiger partial charge in [-0.3, -0.25) is 4.79 Å². The topological polar surface area (TPSA) is 35.5 Å². The molecule has 3 nitrogen and oxygen atoms in total. The number of ether oxygens (including phenoxy) is 2. The first kappa shape index (κ1) is 18.7. The van der Waals surface area contributed by atoms with Gasteiger partial charge in [-0.15, -0.1) is 0 Å². The van der Waals surface area contributed by atoms with Crippen LogP contribution in [0.3, 0.4) is 0 Å². The monoisotopic (exact) mass is 306 g/mol. The zero-order valence-electron chi connectivity index (χ0n) is 14.6. The molecule has 0 saturated carbocycles. The fourth-order valence-corrected chi connectivity index (χ4v) is 2.55. The highest BCUT2D eigenvalue weighted by molar-refractivity contribution is 5.98. The lowest BCUT2D eigenvalue weighted by atomic mass is 9.74. The zero-order chi connectivity index (χ0) is 16.6. The Bertz CT molecular complexity index is 443. The lowest BCUT2D eigenvalue weighted by molar-refractivity contribution is 0.0764. The molecule has 0 radical (unpaired) electrons. The molecule has 0 bridgehead atoms. The van der Waals surface area contributed by atoms with Crippen molar-refractivity contribution in [3.63, 3.8) is 0 Å². The Morgan fingerprint density at radius 1 is 1.14 bits per heavy atom. The van der Waals surface area contributed by atoms with Crippen LogP contribution in [0.4, 0.5) is 0 Å². The Balaban J connectivity index is 2.71. The third-order valence-electron chi connectivity index (χ3n) is 3.87. The van der Waals surface area contributed by atoms with Crippen LogP contribution in [0.1, 0.15) is 57.3 Å². The Kier molecular flexibility index (Phi) is 7.60. The van der Waals surface area contributed by atoms with Gasteiger partial charge in [-0.1, -0.05) is 27.7 Å². The summed E-state index contributed by atoms with van der Waals surface area (Å²) in [6.07, 6.45) is 2.81. The summed E-state index contributed by atoms with van der Waals surface area (Å²) in [6.45, 7) is 10.0. The molecule has 0 aliphatic carbocycles. The SMILES string of the molecule is CCCOCCCC(C(=O)c1ccc(OC)cc1)C(C)(C)C. The molecule has 1 atom stereocenters. The van der Waals surface area contributed by atoms with Crippen LogP contribution >= 0.6 is 0 Å². The summed E-state index contributed by atoms with van der Waals surface area (Å²) in [5, 5.41) is 0. The Morgan fingerprint density at radius 3 is 2.27 bits per heavy atom. The maximum atomic E-state index is 12.8. The molecule has 124 valence electrons. The van der Waals surface area contributed by atoms with E-state index in [1.807, 2.05) is 24.3 Å². The summed E-state index contributed by atoms with van der Waals surface area (Å²) in [4.78, 5) is 12.8. The second kappa shape index (κ2) is 8.94. The highest BCUT2D eigenvalue weighted by Crippen LogP contribution is 2.33. The van der Waals surface area contributed by atoms with Gasteiger partial charge in [-0.05, 0) is 48.9 Å². The van der Waals surface area contributed by atoms with Crippen molar-refractivity contribution in [2.45, 2.75) is 47.0 Å². The number of ketones is 1. The van der Waals surface area contributed by atoms with Crippen LogP contribution in [0.2, 0.25) is 0 Å². The molecular weight excluding hydrogens is 276 g/mol. The van der Waals surface area contributed by atoms with E-state index in [9.17, 15) is 4.79 Å². The summed E-state index contributed by atoms with van der Waals surface area (Å²) in [7, 11) is 1.63. The molecule has 0 aliphatic heterocycles. The Labute approximate surface area is 135 Å². The maximum Gasteiger partial charge on any atom is 0.166 e. The van der Waals surface area contributed by atoms with E-state index in [1.165, 1.54) is 0 Å². The average molecular weight is 306 g/mol. The summed E-state index contributed by atoms with van der Waals surface area (Å²) in [5.41, 5.74) is 0.706. The molecule has 0 heterocycles. The van der Waals surface area contributed by atoms with Crippen molar-refractivity contribution in [1.82, 2.24) is 0 Å². The van der Waals surface area contributed by atoms with Crippen LogP contribution in [0.5, 0.6) is 5.75 Å². The largest absolute Gasteiger partial charge is 0.497 e. The molecule has 3 heteroatoms. The maximum absolute atomic E-state index is 12.8. The van der Waals surface area contributed by atoms with Gasteiger partial charge in [0.15, 0.2) is 5.78 Å². The van der Waals surface area contributed by atoms with Gasteiger partial charge in [0.1, 0.15) is 5.75 Å². The summed E-state index contributed by atoms with van der Waals surface area (Å²) >= 11 is 0. The number of hydrogen-bond donors (Lipinski definition) is 0. The smallest absolute Gasteiger partial charge is 0.166 e. The van der Waals surface area contributed by atoms with Gasteiger partial charge >= 0.3 is 0 Å². The predicted molar refractivity (Wildman–Crippen MR) is 90.6 cm³/mol. The lowest BCUT2D eigenvalue weighted by Crippen LogP contribution is -2.29. The molecule has 0 saturated heterocycles. The van der Waals surface area contributed by atoms with Crippen LogP contribution < -0.4 is 4.74 Å². The molecule has 22 heavy (non-hydrogen) atoms. The summed E-state index contributed by atoms with van der Waals surface area (Å²) < 4.78 is 10.7. The van der Waals surface area contributed by atoms with Crippen LogP contribution in [0.25, 0.3) is 0 Å². The molecule has 0 aliphatic rings. The van der Waals surface area contributed by atoms with Crippen LogP contribution in [-0.4, -0.2) is 26.1 Å². The minimum Gasteiger partial charge on any atom is -0.497 e. The molecule has 0 spiro atoms. The second-order valence-electron chi connectivity index (χ2n) is 6.77. The first-order valence-electron chi connectivity index (χ1n) is 8.16. The quantitative estimate of drug-likeness (QED) is 0.488. The molecule has 1 unspecified atom stereocenters. The number of methoxy groups -OCH3 is 1. The minimum atomic E-state index is -0.0538. The van der Waals surface area contributed by atoms with E-state index in [0.29, 0.717) is 0 Å². The van der Waals surface area contributed by atoms with Crippen molar-refractivity contribution in [3.05, 3.63) is 29.8 Å². The van der Waals surface area contributed by atoms with Crippen molar-refractivity contribution in [3.8, 4) is 5.75 Å². The summed E-state index contributed by atoms with van der Waals surface area (Å²) in [6, 6.07) is 7.40. The van der Waals surface area contributed by atoms with Crippen molar-refractivity contribution in [1.29, 1.82) is 0 Å². The minimum absolute atomic E-state index is 0.00567. The highest BCUT2D eigenvalue weighted by atomic mass is 16.5. The van der Waals surface area contributed by atoms with E-state index >= 15 is 0 Å². The number of hydrogen-bond acceptors (Lipinski definition) is 3. The third-order valence-corrected chi connectivity index (χ3v) is 3.87. The van der Waals surface area contributed by atoms with E-state index in [-0.39, 0.29) is 17.1 Å².